The molecule has 0 fully saturated rings. The van der Waals surface area contributed by atoms with Crippen LogP contribution in [0.25, 0.3) is 0 Å². The molecule has 1 aromatic carbocycles. The van der Waals surface area contributed by atoms with Gasteiger partial charge in [0.05, 0.1) is 18.7 Å². The molecule has 0 bridgehead atoms. The van der Waals surface area contributed by atoms with Gasteiger partial charge in [0, 0.05) is 10.2 Å². The number of aromatic amines is 1. The maximum Gasteiger partial charge on any atom is 0.339 e. The van der Waals surface area contributed by atoms with Gasteiger partial charge in [0.15, 0.2) is 0 Å². The Balaban J connectivity index is 2.25. The SMILES string of the molecule is CCC(NC(=O)c1[nH]c(C)c(C(=O)OC)c1C)c1ccc(Br)cc1. The summed E-state index contributed by atoms with van der Waals surface area (Å²) in [6.07, 6.45) is 0.760. The molecule has 0 saturated carbocycles. The molecule has 2 N–H and O–H groups in total. The lowest BCUT2D eigenvalue weighted by Gasteiger charge is -2.17. The molecule has 0 radical (unpaired) electrons. The Morgan fingerprint density at radius 3 is 2.42 bits per heavy atom. The second-order valence-electron chi connectivity index (χ2n) is 5.60. The van der Waals surface area contributed by atoms with E-state index < -0.39 is 5.97 Å². The smallest absolute Gasteiger partial charge is 0.339 e. The van der Waals surface area contributed by atoms with Gasteiger partial charge in [-0.25, -0.2) is 4.79 Å². The number of aryl methyl sites for hydroxylation is 1. The average molecular weight is 393 g/mol. The van der Waals surface area contributed by atoms with Crippen molar-refractivity contribution in [3.63, 3.8) is 0 Å². The molecule has 2 rings (SSSR count). The second-order valence-corrected chi connectivity index (χ2v) is 6.52. The molecule has 0 aliphatic carbocycles. The van der Waals surface area contributed by atoms with Crippen LogP contribution in [0.5, 0.6) is 0 Å². The highest BCUT2D eigenvalue weighted by atomic mass is 79.9. The molecular formula is C18H21BrN2O3. The number of amides is 1. The monoisotopic (exact) mass is 392 g/mol. The number of nitrogens with one attached hydrogen (secondary N) is 2. The minimum Gasteiger partial charge on any atom is -0.465 e. The largest absolute Gasteiger partial charge is 0.465 e. The van der Waals surface area contributed by atoms with Gasteiger partial charge in [0.1, 0.15) is 5.69 Å². The van der Waals surface area contributed by atoms with Crippen LogP contribution in [0.1, 0.15) is 57.1 Å². The van der Waals surface area contributed by atoms with Crippen LogP contribution in [0.15, 0.2) is 28.7 Å². The highest BCUT2D eigenvalue weighted by Gasteiger charge is 2.24. The van der Waals surface area contributed by atoms with Crippen molar-refractivity contribution in [1.29, 1.82) is 0 Å². The Kier molecular flexibility index (Phi) is 5.83. The third-order valence-corrected chi connectivity index (χ3v) is 4.57. The van der Waals surface area contributed by atoms with Crippen molar-refractivity contribution in [3.8, 4) is 0 Å². The number of methoxy groups -OCH3 is 1. The van der Waals surface area contributed by atoms with Gasteiger partial charge in [-0.1, -0.05) is 35.0 Å². The van der Waals surface area contributed by atoms with Crippen LogP contribution < -0.4 is 5.32 Å². The summed E-state index contributed by atoms with van der Waals surface area (Å²) in [7, 11) is 1.33. The first-order valence-electron chi connectivity index (χ1n) is 7.72. The lowest BCUT2D eigenvalue weighted by Crippen LogP contribution is -2.29. The highest BCUT2D eigenvalue weighted by Crippen LogP contribution is 2.22. The minimum atomic E-state index is -0.444. The van der Waals surface area contributed by atoms with Crippen LogP contribution in [-0.4, -0.2) is 24.0 Å². The normalized spacial score (nSPS) is 11.9. The number of H-pyrrole nitrogens is 1. The van der Waals surface area contributed by atoms with Gasteiger partial charge in [-0.05, 0) is 43.5 Å². The van der Waals surface area contributed by atoms with Gasteiger partial charge < -0.3 is 15.0 Å². The number of carbonyl (C=O) groups excluding carboxylic acids is 2. The van der Waals surface area contributed by atoms with E-state index in [4.69, 9.17) is 4.74 Å². The van der Waals surface area contributed by atoms with Crippen molar-refractivity contribution in [2.75, 3.05) is 7.11 Å². The third kappa shape index (κ3) is 3.70. The molecule has 0 aliphatic heterocycles. The zero-order valence-electron chi connectivity index (χ0n) is 14.2. The molecule has 1 unspecified atom stereocenters. The first-order valence-corrected chi connectivity index (χ1v) is 8.52. The lowest BCUT2D eigenvalue weighted by molar-refractivity contribution is 0.0599. The number of hydrogen-bond donors (Lipinski definition) is 2. The Morgan fingerprint density at radius 1 is 1.25 bits per heavy atom. The van der Waals surface area contributed by atoms with Crippen molar-refractivity contribution in [3.05, 3.63) is 56.8 Å². The topological polar surface area (TPSA) is 71.2 Å². The number of rotatable bonds is 5. The summed E-state index contributed by atoms with van der Waals surface area (Å²) in [6, 6.07) is 7.75. The molecule has 1 atom stereocenters. The van der Waals surface area contributed by atoms with Gasteiger partial charge in [-0.2, -0.15) is 0 Å². The maximum absolute atomic E-state index is 12.6. The highest BCUT2D eigenvalue weighted by molar-refractivity contribution is 9.10. The van der Waals surface area contributed by atoms with Crippen LogP contribution in [0.3, 0.4) is 0 Å². The quantitative estimate of drug-likeness (QED) is 0.753. The first kappa shape index (κ1) is 18.3. The molecule has 128 valence electrons. The molecule has 0 saturated heterocycles. The molecule has 5 nitrogen and oxygen atoms in total. The van der Waals surface area contributed by atoms with Gasteiger partial charge in [-0.15, -0.1) is 0 Å². The van der Waals surface area contributed by atoms with Crippen LogP contribution >= 0.6 is 15.9 Å². The van der Waals surface area contributed by atoms with Crippen LogP contribution in [-0.2, 0) is 4.74 Å². The van der Waals surface area contributed by atoms with Crippen LogP contribution in [0.2, 0.25) is 0 Å². The lowest BCUT2D eigenvalue weighted by atomic mass is 10.0. The van der Waals surface area contributed by atoms with E-state index in [1.54, 1.807) is 13.8 Å². The molecule has 1 amide bonds. The van der Waals surface area contributed by atoms with Crippen molar-refractivity contribution in [2.24, 2.45) is 0 Å². The molecular weight excluding hydrogens is 372 g/mol. The molecule has 24 heavy (non-hydrogen) atoms. The van der Waals surface area contributed by atoms with Crippen molar-refractivity contribution in [2.45, 2.75) is 33.2 Å². The van der Waals surface area contributed by atoms with E-state index in [0.29, 0.717) is 22.5 Å². The predicted octanol–water partition coefficient (Wildman–Crippen LogP) is 4.06. The second kappa shape index (κ2) is 7.66. The molecule has 1 aromatic heterocycles. The van der Waals surface area contributed by atoms with Crippen LogP contribution in [0, 0.1) is 13.8 Å². The maximum atomic E-state index is 12.6. The van der Waals surface area contributed by atoms with Crippen molar-refractivity contribution >= 4 is 27.8 Å². The average Bonchev–Trinajstić information content (AvgIpc) is 2.87. The number of aromatic nitrogens is 1. The van der Waals surface area contributed by atoms with E-state index in [0.717, 1.165) is 16.5 Å². The molecule has 6 heteroatoms. The number of benzene rings is 1. The van der Waals surface area contributed by atoms with Crippen LogP contribution in [0.4, 0.5) is 0 Å². The molecule has 0 aliphatic rings. The minimum absolute atomic E-state index is 0.102. The van der Waals surface area contributed by atoms with Gasteiger partial charge in [0.25, 0.3) is 5.91 Å². The summed E-state index contributed by atoms with van der Waals surface area (Å²) in [5.74, 6) is -0.680. The van der Waals surface area contributed by atoms with Crippen molar-refractivity contribution in [1.82, 2.24) is 10.3 Å². The van der Waals surface area contributed by atoms with E-state index in [9.17, 15) is 9.59 Å². The van der Waals surface area contributed by atoms with Crippen molar-refractivity contribution < 1.29 is 14.3 Å². The fourth-order valence-electron chi connectivity index (χ4n) is 2.73. The predicted molar refractivity (Wildman–Crippen MR) is 96.2 cm³/mol. The first-order chi connectivity index (χ1) is 11.4. The summed E-state index contributed by atoms with van der Waals surface area (Å²) in [5, 5.41) is 3.02. The fraction of sp³-hybridized carbons (Fsp3) is 0.333. The Hall–Kier alpha value is -2.08. The summed E-state index contributed by atoms with van der Waals surface area (Å²) in [6.45, 7) is 5.51. The number of halogens is 1. The van der Waals surface area contributed by atoms with E-state index in [1.165, 1.54) is 7.11 Å². The summed E-state index contributed by atoms with van der Waals surface area (Å²) >= 11 is 3.41. The van der Waals surface area contributed by atoms with E-state index >= 15 is 0 Å². The molecule has 0 spiro atoms. The summed E-state index contributed by atoms with van der Waals surface area (Å²) < 4.78 is 5.77. The molecule has 1 heterocycles. The van der Waals surface area contributed by atoms with E-state index in [1.807, 2.05) is 31.2 Å². The standard InChI is InChI=1S/C18H21BrN2O3/c1-5-14(12-6-8-13(19)9-7-12)21-17(22)16-10(2)15(11(3)20-16)18(23)24-4/h6-9,14,20H,5H2,1-4H3,(H,21,22). The summed E-state index contributed by atoms with van der Waals surface area (Å²) in [4.78, 5) is 27.5. The number of ether oxygens (including phenoxy) is 1. The number of esters is 1. The zero-order chi connectivity index (χ0) is 17.9. The fourth-order valence-corrected chi connectivity index (χ4v) is 3.00. The summed E-state index contributed by atoms with van der Waals surface area (Å²) in [5.41, 5.74) is 3.06. The number of hydrogen-bond acceptors (Lipinski definition) is 3. The Bertz CT molecular complexity index is 750. The molecule has 2 aromatic rings. The Labute approximate surface area is 149 Å². The van der Waals surface area contributed by atoms with Gasteiger partial charge >= 0.3 is 5.97 Å². The zero-order valence-corrected chi connectivity index (χ0v) is 15.8. The van der Waals surface area contributed by atoms with Gasteiger partial charge in [-0.3, -0.25) is 4.79 Å². The van der Waals surface area contributed by atoms with Gasteiger partial charge in [0.2, 0.25) is 0 Å². The number of carbonyl (C=O) groups is 2. The Morgan fingerprint density at radius 2 is 1.88 bits per heavy atom. The third-order valence-electron chi connectivity index (χ3n) is 4.04. The van der Waals surface area contributed by atoms with E-state index in [2.05, 4.69) is 26.2 Å². The van der Waals surface area contributed by atoms with E-state index in [-0.39, 0.29) is 11.9 Å².